The van der Waals surface area contributed by atoms with Gasteiger partial charge in [0.1, 0.15) is 0 Å². The van der Waals surface area contributed by atoms with Gasteiger partial charge in [-0.2, -0.15) is 0 Å². The Morgan fingerprint density at radius 3 is 2.75 bits per heavy atom. The molecule has 0 spiro atoms. The molecule has 2 aromatic rings. The summed E-state index contributed by atoms with van der Waals surface area (Å²) in [6, 6.07) is 11.1. The molecule has 2 rings (SSSR count). The first-order chi connectivity index (χ1) is 7.65. The predicted molar refractivity (Wildman–Crippen MR) is 68.8 cm³/mol. The summed E-state index contributed by atoms with van der Waals surface area (Å²) in [5.41, 5.74) is 7.17. The maximum atomic E-state index is 10.0. The lowest BCUT2D eigenvalue weighted by Gasteiger charge is -2.10. The molecule has 2 nitrogen and oxygen atoms in total. The Bertz CT molecular complexity index is 483. The van der Waals surface area contributed by atoms with Crippen molar-refractivity contribution in [2.75, 3.05) is 5.73 Å². The first-order valence-corrected chi connectivity index (χ1v) is 6.12. The summed E-state index contributed by atoms with van der Waals surface area (Å²) in [6.45, 7) is 0. The summed E-state index contributed by atoms with van der Waals surface area (Å²) >= 11 is 7.32. The van der Waals surface area contributed by atoms with Gasteiger partial charge in [0, 0.05) is 17.0 Å². The number of hydrogen-bond donors (Lipinski definition) is 2. The fourth-order valence-corrected chi connectivity index (χ4v) is 2.66. The van der Waals surface area contributed by atoms with Crippen LogP contribution in [0.5, 0.6) is 0 Å². The van der Waals surface area contributed by atoms with E-state index in [2.05, 4.69) is 0 Å². The summed E-state index contributed by atoms with van der Waals surface area (Å²) < 4.78 is 0.745. The van der Waals surface area contributed by atoms with Gasteiger partial charge in [-0.25, -0.2) is 0 Å². The molecule has 0 bridgehead atoms. The van der Waals surface area contributed by atoms with Crippen LogP contribution in [-0.2, 0) is 6.42 Å². The van der Waals surface area contributed by atoms with Crippen LogP contribution in [0.15, 0.2) is 36.4 Å². The van der Waals surface area contributed by atoms with Gasteiger partial charge in [0.2, 0.25) is 0 Å². The van der Waals surface area contributed by atoms with E-state index in [9.17, 15) is 5.11 Å². The summed E-state index contributed by atoms with van der Waals surface area (Å²) in [7, 11) is 0. The molecule has 1 atom stereocenters. The number of thiophene rings is 1. The Balaban J connectivity index is 2.11. The molecule has 0 aliphatic rings. The van der Waals surface area contributed by atoms with Gasteiger partial charge in [0.05, 0.1) is 10.4 Å². The van der Waals surface area contributed by atoms with Crippen molar-refractivity contribution < 1.29 is 5.11 Å². The van der Waals surface area contributed by atoms with Crippen LogP contribution in [0.1, 0.15) is 16.5 Å². The average Bonchev–Trinajstić information content (AvgIpc) is 2.64. The van der Waals surface area contributed by atoms with Crippen molar-refractivity contribution >= 4 is 28.6 Å². The molecule has 1 aromatic heterocycles. The highest BCUT2D eigenvalue weighted by Crippen LogP contribution is 2.27. The van der Waals surface area contributed by atoms with Crippen molar-refractivity contribution in [3.63, 3.8) is 0 Å². The third-order valence-corrected chi connectivity index (χ3v) is 3.57. The SMILES string of the molecule is Nc1cccc(C(O)Cc2ccc(Cl)s2)c1. The molecule has 4 heteroatoms. The van der Waals surface area contributed by atoms with Crippen molar-refractivity contribution in [2.24, 2.45) is 0 Å². The lowest BCUT2D eigenvalue weighted by Crippen LogP contribution is -2.01. The monoisotopic (exact) mass is 253 g/mol. The number of nitrogen functional groups attached to an aromatic ring is 1. The van der Waals surface area contributed by atoms with Crippen molar-refractivity contribution in [2.45, 2.75) is 12.5 Å². The molecule has 0 aliphatic carbocycles. The smallest absolute Gasteiger partial charge is 0.0931 e. The van der Waals surface area contributed by atoms with Crippen LogP contribution in [0.25, 0.3) is 0 Å². The molecule has 84 valence electrons. The zero-order valence-corrected chi connectivity index (χ0v) is 10.1. The topological polar surface area (TPSA) is 46.2 Å². The number of anilines is 1. The number of nitrogens with two attached hydrogens (primary N) is 1. The first kappa shape index (κ1) is 11.5. The van der Waals surface area contributed by atoms with Gasteiger partial charge in [-0.15, -0.1) is 11.3 Å². The van der Waals surface area contributed by atoms with Crippen LogP contribution < -0.4 is 5.73 Å². The highest BCUT2D eigenvalue weighted by molar-refractivity contribution is 7.16. The Morgan fingerprint density at radius 1 is 1.31 bits per heavy atom. The van der Waals surface area contributed by atoms with Crippen LogP contribution in [0.4, 0.5) is 5.69 Å². The molecule has 0 amide bonds. The van der Waals surface area contributed by atoms with Gasteiger partial charge in [-0.05, 0) is 29.8 Å². The number of benzene rings is 1. The minimum absolute atomic E-state index is 0.529. The molecular formula is C12H12ClNOS. The normalized spacial score (nSPS) is 12.6. The van der Waals surface area contributed by atoms with Crippen molar-refractivity contribution in [1.29, 1.82) is 0 Å². The molecule has 0 aliphatic heterocycles. The van der Waals surface area contributed by atoms with Crippen LogP contribution in [0, 0.1) is 0 Å². The van der Waals surface area contributed by atoms with E-state index in [1.54, 1.807) is 12.1 Å². The Labute approximate surface area is 103 Å². The average molecular weight is 254 g/mol. The lowest BCUT2D eigenvalue weighted by atomic mass is 10.1. The third-order valence-electron chi connectivity index (χ3n) is 2.32. The molecule has 0 saturated carbocycles. The second kappa shape index (κ2) is 4.87. The van der Waals surface area contributed by atoms with E-state index in [4.69, 9.17) is 17.3 Å². The van der Waals surface area contributed by atoms with Gasteiger partial charge >= 0.3 is 0 Å². The van der Waals surface area contributed by atoms with E-state index >= 15 is 0 Å². The van der Waals surface area contributed by atoms with E-state index in [0.29, 0.717) is 12.1 Å². The van der Waals surface area contributed by atoms with Crippen LogP contribution in [-0.4, -0.2) is 5.11 Å². The molecule has 1 aromatic carbocycles. The number of halogens is 1. The Hall–Kier alpha value is -1.03. The molecule has 0 saturated heterocycles. The zero-order chi connectivity index (χ0) is 11.5. The van der Waals surface area contributed by atoms with Gasteiger partial charge in [0.25, 0.3) is 0 Å². The standard InChI is InChI=1S/C12H12ClNOS/c13-12-5-4-10(16-12)7-11(15)8-2-1-3-9(14)6-8/h1-6,11,15H,7,14H2. The highest BCUT2D eigenvalue weighted by atomic mass is 35.5. The lowest BCUT2D eigenvalue weighted by molar-refractivity contribution is 0.179. The molecule has 0 radical (unpaired) electrons. The van der Waals surface area contributed by atoms with Crippen LogP contribution in [0.2, 0.25) is 4.34 Å². The Kier molecular flexibility index (Phi) is 3.49. The van der Waals surface area contributed by atoms with E-state index < -0.39 is 6.10 Å². The van der Waals surface area contributed by atoms with Crippen molar-refractivity contribution in [3.05, 3.63) is 51.2 Å². The number of aliphatic hydroxyl groups is 1. The number of hydrogen-bond acceptors (Lipinski definition) is 3. The largest absolute Gasteiger partial charge is 0.399 e. The molecular weight excluding hydrogens is 242 g/mol. The molecule has 0 fully saturated rings. The second-order valence-corrected chi connectivity index (χ2v) is 5.40. The Morgan fingerprint density at radius 2 is 2.12 bits per heavy atom. The maximum absolute atomic E-state index is 10.0. The summed E-state index contributed by atoms with van der Waals surface area (Å²) in [6.07, 6.45) is 0.0408. The first-order valence-electron chi connectivity index (χ1n) is 4.93. The van der Waals surface area contributed by atoms with Crippen LogP contribution in [0.3, 0.4) is 0 Å². The zero-order valence-electron chi connectivity index (χ0n) is 8.56. The van der Waals surface area contributed by atoms with E-state index in [1.807, 2.05) is 24.3 Å². The van der Waals surface area contributed by atoms with Gasteiger partial charge in [-0.1, -0.05) is 23.7 Å². The van der Waals surface area contributed by atoms with Crippen molar-refractivity contribution in [1.82, 2.24) is 0 Å². The second-order valence-electron chi connectivity index (χ2n) is 3.60. The van der Waals surface area contributed by atoms with Crippen LogP contribution >= 0.6 is 22.9 Å². The van der Waals surface area contributed by atoms with Gasteiger partial charge in [0.15, 0.2) is 0 Å². The minimum atomic E-state index is -0.529. The van der Waals surface area contributed by atoms with Gasteiger partial charge in [-0.3, -0.25) is 0 Å². The number of aliphatic hydroxyl groups excluding tert-OH is 1. The molecule has 16 heavy (non-hydrogen) atoms. The number of rotatable bonds is 3. The maximum Gasteiger partial charge on any atom is 0.0931 e. The van der Waals surface area contributed by atoms with Gasteiger partial charge < -0.3 is 10.8 Å². The predicted octanol–water partition coefficient (Wildman–Crippen LogP) is 3.26. The molecule has 1 unspecified atom stereocenters. The van der Waals surface area contributed by atoms with E-state index in [0.717, 1.165) is 14.8 Å². The van der Waals surface area contributed by atoms with E-state index in [-0.39, 0.29) is 0 Å². The quantitative estimate of drug-likeness (QED) is 0.825. The molecule has 1 heterocycles. The summed E-state index contributed by atoms with van der Waals surface area (Å²) in [5.74, 6) is 0. The third kappa shape index (κ3) is 2.76. The minimum Gasteiger partial charge on any atom is -0.399 e. The fourth-order valence-electron chi connectivity index (χ4n) is 1.54. The summed E-state index contributed by atoms with van der Waals surface area (Å²) in [5, 5.41) is 10.0. The summed E-state index contributed by atoms with van der Waals surface area (Å²) in [4.78, 5) is 1.07. The highest BCUT2D eigenvalue weighted by Gasteiger charge is 2.10. The van der Waals surface area contributed by atoms with Crippen molar-refractivity contribution in [3.8, 4) is 0 Å². The van der Waals surface area contributed by atoms with E-state index in [1.165, 1.54) is 11.3 Å². The molecule has 3 N–H and O–H groups in total. The fraction of sp³-hybridized carbons (Fsp3) is 0.167.